The second kappa shape index (κ2) is 20.0. The molecule has 0 aliphatic heterocycles. The number of nitrogens with one attached hydrogen (secondary N) is 3. The molecule has 9 atom stereocenters. The lowest BCUT2D eigenvalue weighted by Crippen LogP contribution is -2.61. The first-order valence-corrected chi connectivity index (χ1v) is 18.7. The Hall–Kier alpha value is -3.12. The van der Waals surface area contributed by atoms with Crippen molar-refractivity contribution in [2.45, 2.75) is 81.6 Å². The number of aliphatic hydroxyl groups excluding tert-OH is 4. The number of phosphoric ester groups is 1. The van der Waals surface area contributed by atoms with Crippen LogP contribution in [0.3, 0.4) is 0 Å². The van der Waals surface area contributed by atoms with E-state index in [2.05, 4.69) is 30.1 Å². The fraction of sp³-hybridized carbons (Fsp3) is 0.767. The number of anilines is 1. The van der Waals surface area contributed by atoms with Gasteiger partial charge >= 0.3 is 7.82 Å². The molecule has 0 spiro atoms. The number of hydrogen-bond donors (Lipinski definition) is 10. The van der Waals surface area contributed by atoms with Gasteiger partial charge in [-0.25, -0.2) is 9.55 Å². The van der Waals surface area contributed by atoms with Crippen LogP contribution in [0.5, 0.6) is 0 Å². The third-order valence-electron chi connectivity index (χ3n) is 9.16. The van der Waals surface area contributed by atoms with Crippen molar-refractivity contribution in [3.05, 3.63) is 16.7 Å². The summed E-state index contributed by atoms with van der Waals surface area (Å²) >= 11 is 0. The van der Waals surface area contributed by atoms with Gasteiger partial charge in [0.2, 0.25) is 17.8 Å². The van der Waals surface area contributed by atoms with Gasteiger partial charge in [0.05, 0.1) is 63.2 Å². The molecular weight excluding hydrogens is 729 g/mol. The first-order valence-electron chi connectivity index (χ1n) is 17.2. The van der Waals surface area contributed by atoms with E-state index in [9.17, 15) is 39.4 Å². The van der Waals surface area contributed by atoms with Crippen molar-refractivity contribution in [3.63, 3.8) is 0 Å². The van der Waals surface area contributed by atoms with Crippen LogP contribution in [0.25, 0.3) is 11.2 Å². The molecule has 0 radical (unpaired) electrons. The SMILES string of the molecule is CC(=O)N[C@H]1[C@H](O)[C@H](O)[C@H](CO)C[C@@H]1OCCCCC(=O)NCCOCCOCO[C@@H]1[C@H](O)[C@@H](COP(=O)(O)O)C[C@H]1n1cnc2c(=O)[nH]c(N)nc21. The van der Waals surface area contributed by atoms with Crippen molar-refractivity contribution < 1.29 is 67.8 Å². The predicted molar refractivity (Wildman–Crippen MR) is 182 cm³/mol. The molecule has 22 nitrogen and oxygen atoms in total. The van der Waals surface area contributed by atoms with Crippen molar-refractivity contribution >= 4 is 36.7 Å². The van der Waals surface area contributed by atoms with Crippen molar-refractivity contribution in [2.24, 2.45) is 11.8 Å². The number of rotatable bonds is 21. The summed E-state index contributed by atoms with van der Waals surface area (Å²) in [7, 11) is -4.81. The van der Waals surface area contributed by atoms with Gasteiger partial charge in [-0.2, -0.15) is 4.98 Å². The molecule has 0 unspecified atom stereocenters. The molecule has 0 aromatic carbocycles. The first kappa shape index (κ1) is 42.6. The number of carbonyl (C=O) groups is 2. The summed E-state index contributed by atoms with van der Waals surface area (Å²) in [5.74, 6) is -2.06. The fourth-order valence-corrected chi connectivity index (χ4v) is 6.93. The molecule has 2 amide bonds. The third kappa shape index (κ3) is 12.2. The van der Waals surface area contributed by atoms with E-state index in [-0.39, 0.29) is 94.6 Å². The van der Waals surface area contributed by atoms with Crippen LogP contribution in [0.15, 0.2) is 11.1 Å². The van der Waals surface area contributed by atoms with E-state index in [1.54, 1.807) is 0 Å². The summed E-state index contributed by atoms with van der Waals surface area (Å²) in [4.78, 5) is 64.9. The maximum Gasteiger partial charge on any atom is 0.469 e. The molecule has 2 aliphatic carbocycles. The number of imidazole rings is 1. The van der Waals surface area contributed by atoms with Crippen molar-refractivity contribution in [2.75, 3.05) is 58.7 Å². The lowest BCUT2D eigenvalue weighted by atomic mass is 9.79. The quantitative estimate of drug-likeness (QED) is 0.0343. The number of aromatic amines is 1. The normalized spacial score (nSPS) is 27.6. The summed E-state index contributed by atoms with van der Waals surface area (Å²) in [6.45, 7) is 1.19. The van der Waals surface area contributed by atoms with Crippen LogP contribution in [-0.4, -0.2) is 151 Å². The molecule has 53 heavy (non-hydrogen) atoms. The smallest absolute Gasteiger partial charge is 0.396 e. The summed E-state index contributed by atoms with van der Waals surface area (Å²) in [6, 6.07) is -1.49. The first-order chi connectivity index (χ1) is 25.2. The Morgan fingerprint density at radius 3 is 2.51 bits per heavy atom. The average molecular weight is 780 g/mol. The van der Waals surface area contributed by atoms with E-state index >= 15 is 0 Å². The maximum absolute atomic E-state index is 12.3. The molecular formula is C30H50N7O15P. The minimum Gasteiger partial charge on any atom is -0.396 e. The number of hydrogen-bond acceptors (Lipinski definition) is 16. The number of aromatic nitrogens is 4. The number of nitrogens with two attached hydrogens (primary N) is 1. The van der Waals surface area contributed by atoms with Crippen molar-refractivity contribution in [1.29, 1.82) is 0 Å². The minimum absolute atomic E-state index is 0.00786. The van der Waals surface area contributed by atoms with Gasteiger partial charge in [0.1, 0.15) is 19.0 Å². The Labute approximate surface area is 303 Å². The average Bonchev–Trinajstić information content (AvgIpc) is 3.65. The molecule has 2 heterocycles. The van der Waals surface area contributed by atoms with E-state index in [0.717, 1.165) is 0 Å². The minimum atomic E-state index is -4.81. The Bertz CT molecular complexity index is 1590. The number of phosphoric acid groups is 1. The summed E-state index contributed by atoms with van der Waals surface area (Å²) in [6.07, 6.45) is -2.27. The largest absolute Gasteiger partial charge is 0.469 e. The van der Waals surface area contributed by atoms with Crippen LogP contribution in [-0.2, 0) is 37.6 Å². The molecule has 2 aliphatic rings. The number of carbonyl (C=O) groups excluding carboxylic acids is 2. The van der Waals surface area contributed by atoms with E-state index in [1.165, 1.54) is 17.8 Å². The summed E-state index contributed by atoms with van der Waals surface area (Å²) in [5.41, 5.74) is 5.29. The summed E-state index contributed by atoms with van der Waals surface area (Å²) in [5, 5.41) is 46.5. The maximum atomic E-state index is 12.3. The van der Waals surface area contributed by atoms with Crippen LogP contribution in [0.1, 0.15) is 45.1 Å². The molecule has 23 heteroatoms. The number of nitrogen functional groups attached to an aromatic ring is 1. The predicted octanol–water partition coefficient (Wildman–Crippen LogP) is -2.98. The number of aliphatic hydroxyl groups is 4. The molecule has 300 valence electrons. The van der Waals surface area contributed by atoms with E-state index in [4.69, 9.17) is 34.5 Å². The Balaban J connectivity index is 1.11. The van der Waals surface area contributed by atoms with Gasteiger partial charge in [0, 0.05) is 44.9 Å². The number of unbranched alkanes of at least 4 members (excludes halogenated alkanes) is 1. The van der Waals surface area contributed by atoms with Crippen LogP contribution in [0.4, 0.5) is 5.95 Å². The van der Waals surface area contributed by atoms with Crippen molar-refractivity contribution in [3.8, 4) is 0 Å². The Morgan fingerprint density at radius 1 is 1.04 bits per heavy atom. The topological polar surface area (TPSA) is 332 Å². The van der Waals surface area contributed by atoms with Gasteiger partial charge in [-0.05, 0) is 25.7 Å². The van der Waals surface area contributed by atoms with Gasteiger partial charge in [-0.1, -0.05) is 0 Å². The molecule has 2 saturated carbocycles. The van der Waals surface area contributed by atoms with Crippen LogP contribution >= 0.6 is 7.82 Å². The van der Waals surface area contributed by atoms with E-state index in [1.807, 2.05) is 0 Å². The lowest BCUT2D eigenvalue weighted by molar-refractivity contribution is -0.142. The van der Waals surface area contributed by atoms with Crippen molar-refractivity contribution in [1.82, 2.24) is 30.2 Å². The fourth-order valence-electron chi connectivity index (χ4n) is 6.55. The monoisotopic (exact) mass is 779 g/mol. The molecule has 4 rings (SSSR count). The third-order valence-corrected chi connectivity index (χ3v) is 9.65. The Kier molecular flexibility index (Phi) is 16.1. The summed E-state index contributed by atoms with van der Waals surface area (Å²) < 4.78 is 40.1. The Morgan fingerprint density at radius 2 is 1.79 bits per heavy atom. The highest BCUT2D eigenvalue weighted by Gasteiger charge is 2.46. The zero-order valence-electron chi connectivity index (χ0n) is 29.2. The highest BCUT2D eigenvalue weighted by atomic mass is 31.2. The molecule has 0 saturated heterocycles. The van der Waals surface area contributed by atoms with Gasteiger partial charge in [0.25, 0.3) is 5.56 Å². The molecule has 11 N–H and O–H groups in total. The second-order valence-electron chi connectivity index (χ2n) is 13.0. The van der Waals surface area contributed by atoms with E-state index < -0.39 is 74.4 Å². The van der Waals surface area contributed by atoms with Crippen LogP contribution < -0.4 is 21.9 Å². The van der Waals surface area contributed by atoms with Crippen LogP contribution in [0.2, 0.25) is 0 Å². The van der Waals surface area contributed by atoms with Gasteiger partial charge in [-0.15, -0.1) is 0 Å². The lowest BCUT2D eigenvalue weighted by Gasteiger charge is -2.42. The standard InChI is InChI=1S/C30H50N7O15P/c1-16(39)34-22-20(11-17(12-38)24(41)26(22)43)50-6-3-2-4-21(40)32-5-7-48-8-9-49-15-51-27-19(10-18(25(27)42)13-52-53(45,46)47)37-14-33-23-28(37)35-30(31)36-29(23)44/h14,17-20,22,24-27,38,41-43H,2-13,15H2,1H3,(H,32,40)(H,34,39)(H2,45,46,47)(H3,31,35,36,44)/t17-,18+,19+,20-,22+,24+,25+,26-,27-/m0/s1. The molecule has 2 aromatic heterocycles. The van der Waals surface area contributed by atoms with Gasteiger partial charge in [-0.3, -0.25) is 23.9 Å². The zero-order valence-corrected chi connectivity index (χ0v) is 30.1. The highest BCUT2D eigenvalue weighted by molar-refractivity contribution is 7.46. The van der Waals surface area contributed by atoms with Crippen LogP contribution in [0, 0.1) is 11.8 Å². The number of amides is 2. The van der Waals surface area contributed by atoms with Gasteiger partial charge in [0.15, 0.2) is 11.2 Å². The number of nitrogens with zero attached hydrogens (tertiary/aromatic N) is 3. The molecule has 2 fully saturated rings. The van der Waals surface area contributed by atoms with E-state index in [0.29, 0.717) is 12.8 Å². The molecule has 2 aromatic rings. The zero-order chi connectivity index (χ0) is 38.7. The highest BCUT2D eigenvalue weighted by Crippen LogP contribution is 2.43. The second-order valence-corrected chi connectivity index (χ2v) is 14.2. The molecule has 0 bridgehead atoms. The number of ether oxygens (including phenoxy) is 4. The van der Waals surface area contributed by atoms with Gasteiger partial charge < -0.3 is 70.1 Å². The number of H-pyrrole nitrogens is 1. The number of fused-ring (bicyclic) bond motifs is 1.